The first-order valence-electron chi connectivity index (χ1n) is 7.75. The third kappa shape index (κ3) is 3.11. The normalized spacial score (nSPS) is 14.1. The summed E-state index contributed by atoms with van der Waals surface area (Å²) in [6.07, 6.45) is 4.11. The number of amides is 1. The second kappa shape index (κ2) is 6.60. The van der Waals surface area contributed by atoms with Gasteiger partial charge in [0.2, 0.25) is 0 Å². The summed E-state index contributed by atoms with van der Waals surface area (Å²) in [5, 5.41) is 0. The van der Waals surface area contributed by atoms with Gasteiger partial charge in [-0.1, -0.05) is 30.3 Å². The number of aromatic nitrogens is 1. The van der Waals surface area contributed by atoms with E-state index in [-0.39, 0.29) is 5.91 Å². The molecule has 0 aliphatic carbocycles. The lowest BCUT2D eigenvalue weighted by Crippen LogP contribution is -2.29. The molecule has 2 heterocycles. The SMILES string of the molecule is CN(Cc1ccccc1)C(=O)c1cccnc1N1CCCC1. The van der Waals surface area contributed by atoms with Gasteiger partial charge in [-0.25, -0.2) is 4.98 Å². The van der Waals surface area contributed by atoms with E-state index in [2.05, 4.69) is 9.88 Å². The summed E-state index contributed by atoms with van der Waals surface area (Å²) in [6.45, 7) is 2.58. The number of carbonyl (C=O) groups excluding carboxylic acids is 1. The molecule has 1 aliphatic heterocycles. The molecule has 0 saturated carbocycles. The van der Waals surface area contributed by atoms with Crippen molar-refractivity contribution < 1.29 is 4.79 Å². The van der Waals surface area contributed by atoms with E-state index in [1.165, 1.54) is 12.8 Å². The van der Waals surface area contributed by atoms with Crippen LogP contribution < -0.4 is 4.90 Å². The van der Waals surface area contributed by atoms with Crippen LogP contribution in [-0.2, 0) is 6.54 Å². The van der Waals surface area contributed by atoms with Crippen LogP contribution in [0.15, 0.2) is 48.7 Å². The van der Waals surface area contributed by atoms with E-state index < -0.39 is 0 Å². The van der Waals surface area contributed by atoms with Crippen LogP contribution in [0.5, 0.6) is 0 Å². The topological polar surface area (TPSA) is 36.4 Å². The lowest BCUT2D eigenvalue weighted by Gasteiger charge is -2.23. The zero-order chi connectivity index (χ0) is 15.4. The number of carbonyl (C=O) groups is 1. The summed E-state index contributed by atoms with van der Waals surface area (Å²) in [4.78, 5) is 21.2. The summed E-state index contributed by atoms with van der Waals surface area (Å²) in [7, 11) is 1.84. The summed E-state index contributed by atoms with van der Waals surface area (Å²) >= 11 is 0. The standard InChI is InChI=1S/C18H21N3O/c1-20(14-15-8-3-2-4-9-15)18(22)16-10-7-11-19-17(16)21-12-5-6-13-21/h2-4,7-11H,5-6,12-14H2,1H3. The Bertz CT molecular complexity index is 636. The Morgan fingerprint density at radius 1 is 1.14 bits per heavy atom. The molecule has 1 aromatic heterocycles. The fraction of sp³-hybridized carbons (Fsp3) is 0.333. The molecule has 22 heavy (non-hydrogen) atoms. The summed E-state index contributed by atoms with van der Waals surface area (Å²) in [5.41, 5.74) is 1.83. The van der Waals surface area contributed by atoms with Crippen LogP contribution in [0.1, 0.15) is 28.8 Å². The minimum Gasteiger partial charge on any atom is -0.356 e. The Labute approximate surface area is 131 Å². The fourth-order valence-corrected chi connectivity index (χ4v) is 2.88. The number of nitrogens with zero attached hydrogens (tertiary/aromatic N) is 3. The third-order valence-corrected chi connectivity index (χ3v) is 4.03. The van der Waals surface area contributed by atoms with Gasteiger partial charge in [-0.05, 0) is 30.5 Å². The molecule has 1 saturated heterocycles. The van der Waals surface area contributed by atoms with Crippen molar-refractivity contribution in [3.05, 3.63) is 59.8 Å². The monoisotopic (exact) mass is 295 g/mol. The van der Waals surface area contributed by atoms with Crippen LogP contribution in [0.4, 0.5) is 5.82 Å². The van der Waals surface area contributed by atoms with E-state index in [1.54, 1.807) is 11.1 Å². The first-order chi connectivity index (χ1) is 10.8. The molecule has 4 nitrogen and oxygen atoms in total. The summed E-state index contributed by atoms with van der Waals surface area (Å²) in [6, 6.07) is 13.8. The van der Waals surface area contributed by atoms with Crippen molar-refractivity contribution in [1.29, 1.82) is 0 Å². The maximum atomic E-state index is 12.8. The van der Waals surface area contributed by atoms with E-state index >= 15 is 0 Å². The van der Waals surface area contributed by atoms with Gasteiger partial charge in [0.15, 0.2) is 0 Å². The van der Waals surface area contributed by atoms with Crippen LogP contribution >= 0.6 is 0 Å². The molecule has 1 amide bonds. The van der Waals surface area contributed by atoms with Gasteiger partial charge in [-0.15, -0.1) is 0 Å². The smallest absolute Gasteiger partial charge is 0.257 e. The van der Waals surface area contributed by atoms with Gasteiger partial charge in [0.05, 0.1) is 5.56 Å². The largest absolute Gasteiger partial charge is 0.356 e. The first-order valence-corrected chi connectivity index (χ1v) is 7.75. The first kappa shape index (κ1) is 14.6. The second-order valence-electron chi connectivity index (χ2n) is 5.72. The highest BCUT2D eigenvalue weighted by molar-refractivity contribution is 5.98. The molecule has 1 fully saturated rings. The highest BCUT2D eigenvalue weighted by Gasteiger charge is 2.22. The molecule has 1 aliphatic rings. The molecular formula is C18H21N3O. The average Bonchev–Trinajstić information content (AvgIpc) is 3.09. The van der Waals surface area contributed by atoms with E-state index in [0.717, 1.165) is 24.5 Å². The molecule has 2 aromatic rings. The number of pyridine rings is 1. The zero-order valence-corrected chi connectivity index (χ0v) is 12.9. The van der Waals surface area contributed by atoms with Gasteiger partial charge in [-0.3, -0.25) is 4.79 Å². The van der Waals surface area contributed by atoms with Gasteiger partial charge in [0, 0.05) is 32.9 Å². The molecule has 0 unspecified atom stereocenters. The lowest BCUT2D eigenvalue weighted by molar-refractivity contribution is 0.0785. The predicted molar refractivity (Wildman–Crippen MR) is 87.9 cm³/mol. The number of anilines is 1. The number of benzene rings is 1. The van der Waals surface area contributed by atoms with Crippen LogP contribution in [0.25, 0.3) is 0 Å². The van der Waals surface area contributed by atoms with Crippen LogP contribution in [0.3, 0.4) is 0 Å². The van der Waals surface area contributed by atoms with Gasteiger partial charge >= 0.3 is 0 Å². The number of hydrogen-bond donors (Lipinski definition) is 0. The van der Waals surface area contributed by atoms with Crippen molar-refractivity contribution in [2.45, 2.75) is 19.4 Å². The molecule has 114 valence electrons. The van der Waals surface area contributed by atoms with E-state index in [9.17, 15) is 4.79 Å². The Morgan fingerprint density at radius 2 is 1.86 bits per heavy atom. The van der Waals surface area contributed by atoms with Gasteiger partial charge in [0.1, 0.15) is 5.82 Å². The molecule has 1 aromatic carbocycles. The maximum absolute atomic E-state index is 12.8. The van der Waals surface area contributed by atoms with Gasteiger partial charge < -0.3 is 9.80 Å². The van der Waals surface area contributed by atoms with Crippen LogP contribution in [0.2, 0.25) is 0 Å². The molecule has 0 atom stereocenters. The Kier molecular flexibility index (Phi) is 4.37. The molecule has 0 N–H and O–H groups in total. The van der Waals surface area contributed by atoms with Crippen molar-refractivity contribution in [2.75, 3.05) is 25.0 Å². The second-order valence-corrected chi connectivity index (χ2v) is 5.72. The minimum absolute atomic E-state index is 0.0267. The minimum atomic E-state index is 0.0267. The van der Waals surface area contributed by atoms with E-state index in [1.807, 2.05) is 49.5 Å². The highest BCUT2D eigenvalue weighted by Crippen LogP contribution is 2.23. The maximum Gasteiger partial charge on any atom is 0.257 e. The van der Waals surface area contributed by atoms with E-state index in [4.69, 9.17) is 0 Å². The highest BCUT2D eigenvalue weighted by atomic mass is 16.2. The Morgan fingerprint density at radius 3 is 2.59 bits per heavy atom. The molecular weight excluding hydrogens is 274 g/mol. The number of hydrogen-bond acceptors (Lipinski definition) is 3. The van der Waals surface area contributed by atoms with Gasteiger partial charge in [0.25, 0.3) is 5.91 Å². The Hall–Kier alpha value is -2.36. The van der Waals surface area contributed by atoms with Crippen molar-refractivity contribution in [1.82, 2.24) is 9.88 Å². The van der Waals surface area contributed by atoms with Crippen LogP contribution in [0, 0.1) is 0 Å². The summed E-state index contributed by atoms with van der Waals surface area (Å²) < 4.78 is 0. The summed E-state index contributed by atoms with van der Waals surface area (Å²) in [5.74, 6) is 0.851. The lowest BCUT2D eigenvalue weighted by atomic mass is 10.2. The molecule has 4 heteroatoms. The van der Waals surface area contributed by atoms with Crippen LogP contribution in [-0.4, -0.2) is 35.9 Å². The number of rotatable bonds is 4. The van der Waals surface area contributed by atoms with Crippen molar-refractivity contribution in [3.63, 3.8) is 0 Å². The molecule has 3 rings (SSSR count). The van der Waals surface area contributed by atoms with Crippen molar-refractivity contribution in [3.8, 4) is 0 Å². The quantitative estimate of drug-likeness (QED) is 0.870. The average molecular weight is 295 g/mol. The fourth-order valence-electron chi connectivity index (χ4n) is 2.88. The predicted octanol–water partition coefficient (Wildman–Crippen LogP) is 2.95. The zero-order valence-electron chi connectivity index (χ0n) is 12.9. The van der Waals surface area contributed by atoms with Crippen molar-refractivity contribution in [2.24, 2.45) is 0 Å². The van der Waals surface area contributed by atoms with Gasteiger partial charge in [-0.2, -0.15) is 0 Å². The Balaban J connectivity index is 1.79. The molecule has 0 radical (unpaired) electrons. The van der Waals surface area contributed by atoms with E-state index in [0.29, 0.717) is 12.1 Å². The molecule has 0 spiro atoms. The third-order valence-electron chi connectivity index (χ3n) is 4.03. The molecule has 0 bridgehead atoms. The van der Waals surface area contributed by atoms with Crippen molar-refractivity contribution >= 4 is 11.7 Å².